The summed E-state index contributed by atoms with van der Waals surface area (Å²) in [5.41, 5.74) is 4.47. The molecule has 4 nitrogen and oxygen atoms in total. The standard InChI is InChI=1S/C15H25N3O/c1-3-9-18(10-4-2)12-14-8-6-5-7-13(14)11-15(19)17-16/h5-8H,3-4,9-12,16H2,1-2H3,(H,17,19). The van der Waals surface area contributed by atoms with Gasteiger partial charge < -0.3 is 0 Å². The van der Waals surface area contributed by atoms with Crippen LogP contribution in [0.5, 0.6) is 0 Å². The molecule has 3 N–H and O–H groups in total. The van der Waals surface area contributed by atoms with E-state index in [4.69, 9.17) is 5.84 Å². The number of carbonyl (C=O) groups excluding carboxylic acids is 1. The van der Waals surface area contributed by atoms with E-state index in [1.54, 1.807) is 0 Å². The third-order valence-corrected chi connectivity index (χ3v) is 3.10. The molecule has 4 heteroatoms. The second-order valence-electron chi connectivity index (χ2n) is 4.79. The molecular weight excluding hydrogens is 238 g/mol. The molecule has 0 aliphatic carbocycles. The number of nitrogens with two attached hydrogens (primary N) is 1. The topological polar surface area (TPSA) is 58.4 Å². The molecule has 0 bridgehead atoms. The van der Waals surface area contributed by atoms with E-state index in [1.807, 2.05) is 18.2 Å². The van der Waals surface area contributed by atoms with Crippen LogP contribution in [0, 0.1) is 0 Å². The average Bonchev–Trinajstić information content (AvgIpc) is 2.41. The second-order valence-corrected chi connectivity index (χ2v) is 4.79. The molecule has 1 rings (SSSR count). The first kappa shape index (κ1) is 15.7. The Labute approximate surface area is 115 Å². The molecule has 1 aromatic rings. The predicted octanol–water partition coefficient (Wildman–Crippen LogP) is 1.84. The van der Waals surface area contributed by atoms with Crippen molar-refractivity contribution in [1.29, 1.82) is 0 Å². The molecular formula is C15H25N3O. The Morgan fingerprint density at radius 2 is 1.74 bits per heavy atom. The summed E-state index contributed by atoms with van der Waals surface area (Å²) in [7, 11) is 0. The summed E-state index contributed by atoms with van der Waals surface area (Å²) in [5, 5.41) is 0. The molecule has 19 heavy (non-hydrogen) atoms. The van der Waals surface area contributed by atoms with Gasteiger partial charge in [-0.15, -0.1) is 0 Å². The summed E-state index contributed by atoms with van der Waals surface area (Å²) in [6.45, 7) is 7.46. The van der Waals surface area contributed by atoms with Gasteiger partial charge in [0.25, 0.3) is 0 Å². The van der Waals surface area contributed by atoms with Gasteiger partial charge in [0.1, 0.15) is 0 Å². The number of carbonyl (C=O) groups is 1. The smallest absolute Gasteiger partial charge is 0.238 e. The van der Waals surface area contributed by atoms with Crippen LogP contribution in [0.25, 0.3) is 0 Å². The number of hydrogen-bond donors (Lipinski definition) is 2. The summed E-state index contributed by atoms with van der Waals surface area (Å²) in [6, 6.07) is 8.08. The second kappa shape index (κ2) is 8.67. The van der Waals surface area contributed by atoms with Crippen LogP contribution in [0.4, 0.5) is 0 Å². The van der Waals surface area contributed by atoms with Crippen molar-refractivity contribution in [2.75, 3.05) is 13.1 Å². The van der Waals surface area contributed by atoms with E-state index in [2.05, 4.69) is 30.2 Å². The van der Waals surface area contributed by atoms with Crippen LogP contribution in [-0.2, 0) is 17.8 Å². The van der Waals surface area contributed by atoms with E-state index in [-0.39, 0.29) is 5.91 Å². The van der Waals surface area contributed by atoms with Crippen LogP contribution in [-0.4, -0.2) is 23.9 Å². The van der Waals surface area contributed by atoms with Gasteiger partial charge in [0, 0.05) is 6.54 Å². The highest BCUT2D eigenvalue weighted by atomic mass is 16.2. The fourth-order valence-electron chi connectivity index (χ4n) is 2.25. The van der Waals surface area contributed by atoms with Gasteiger partial charge in [-0.2, -0.15) is 0 Å². The normalized spacial score (nSPS) is 10.7. The minimum absolute atomic E-state index is 0.148. The highest BCUT2D eigenvalue weighted by Crippen LogP contribution is 2.13. The van der Waals surface area contributed by atoms with Crippen LogP contribution >= 0.6 is 0 Å². The molecule has 0 saturated heterocycles. The molecule has 0 aromatic heterocycles. The van der Waals surface area contributed by atoms with Gasteiger partial charge >= 0.3 is 0 Å². The Morgan fingerprint density at radius 3 is 2.26 bits per heavy atom. The van der Waals surface area contributed by atoms with Crippen LogP contribution in [0.1, 0.15) is 37.8 Å². The number of benzene rings is 1. The van der Waals surface area contributed by atoms with Crippen LogP contribution in [0.2, 0.25) is 0 Å². The lowest BCUT2D eigenvalue weighted by atomic mass is 10.0. The average molecular weight is 263 g/mol. The Hall–Kier alpha value is -1.39. The molecule has 0 aliphatic rings. The van der Waals surface area contributed by atoms with Gasteiger partial charge in [-0.25, -0.2) is 5.84 Å². The molecule has 0 fully saturated rings. The minimum Gasteiger partial charge on any atom is -0.299 e. The molecule has 0 spiro atoms. The fourth-order valence-corrected chi connectivity index (χ4v) is 2.25. The van der Waals surface area contributed by atoms with Crippen LogP contribution in [0.15, 0.2) is 24.3 Å². The summed E-state index contributed by atoms with van der Waals surface area (Å²) >= 11 is 0. The highest BCUT2D eigenvalue weighted by Gasteiger charge is 2.10. The first-order valence-electron chi connectivity index (χ1n) is 6.99. The summed E-state index contributed by atoms with van der Waals surface area (Å²) < 4.78 is 0. The maximum absolute atomic E-state index is 11.4. The Morgan fingerprint density at radius 1 is 1.16 bits per heavy atom. The number of nitrogens with one attached hydrogen (secondary N) is 1. The molecule has 0 radical (unpaired) electrons. The Balaban J connectivity index is 2.77. The van der Waals surface area contributed by atoms with Crippen molar-refractivity contribution in [3.05, 3.63) is 35.4 Å². The van der Waals surface area contributed by atoms with Crippen molar-refractivity contribution in [1.82, 2.24) is 10.3 Å². The molecule has 0 atom stereocenters. The van der Waals surface area contributed by atoms with E-state index in [1.165, 1.54) is 5.56 Å². The van der Waals surface area contributed by atoms with Gasteiger partial charge in [-0.1, -0.05) is 38.1 Å². The van der Waals surface area contributed by atoms with E-state index in [9.17, 15) is 4.79 Å². The first-order valence-corrected chi connectivity index (χ1v) is 6.99. The zero-order chi connectivity index (χ0) is 14.1. The summed E-state index contributed by atoms with van der Waals surface area (Å²) in [6.07, 6.45) is 2.63. The van der Waals surface area contributed by atoms with E-state index in [0.717, 1.165) is 38.0 Å². The number of nitrogens with zero attached hydrogens (tertiary/aromatic N) is 1. The minimum atomic E-state index is -0.148. The number of rotatable bonds is 8. The third-order valence-electron chi connectivity index (χ3n) is 3.10. The number of hydrogen-bond acceptors (Lipinski definition) is 3. The SMILES string of the molecule is CCCN(CCC)Cc1ccccc1CC(=O)NN. The Kier molecular flexibility index (Phi) is 7.15. The van der Waals surface area contributed by atoms with Crippen molar-refractivity contribution in [3.63, 3.8) is 0 Å². The van der Waals surface area contributed by atoms with Gasteiger partial charge in [0.05, 0.1) is 6.42 Å². The van der Waals surface area contributed by atoms with E-state index in [0.29, 0.717) is 6.42 Å². The maximum Gasteiger partial charge on any atom is 0.238 e. The first-order chi connectivity index (χ1) is 9.21. The zero-order valence-corrected chi connectivity index (χ0v) is 12.0. The van der Waals surface area contributed by atoms with Gasteiger partial charge in [-0.3, -0.25) is 15.1 Å². The summed E-state index contributed by atoms with van der Waals surface area (Å²) in [5.74, 6) is 5.01. The molecule has 0 heterocycles. The molecule has 106 valence electrons. The van der Waals surface area contributed by atoms with Crippen LogP contribution in [0.3, 0.4) is 0 Å². The third kappa shape index (κ3) is 5.41. The van der Waals surface area contributed by atoms with Crippen molar-refractivity contribution in [3.8, 4) is 0 Å². The Bertz CT molecular complexity index is 387. The lowest BCUT2D eigenvalue weighted by Gasteiger charge is -2.22. The number of amides is 1. The highest BCUT2D eigenvalue weighted by molar-refractivity contribution is 5.78. The quantitative estimate of drug-likeness (QED) is 0.427. The number of hydrazine groups is 1. The maximum atomic E-state index is 11.4. The molecule has 0 saturated carbocycles. The van der Waals surface area contributed by atoms with Crippen molar-refractivity contribution >= 4 is 5.91 Å². The molecule has 0 aliphatic heterocycles. The molecule has 1 aromatic carbocycles. The zero-order valence-electron chi connectivity index (χ0n) is 12.0. The monoisotopic (exact) mass is 263 g/mol. The van der Waals surface area contributed by atoms with E-state index >= 15 is 0 Å². The fraction of sp³-hybridized carbons (Fsp3) is 0.533. The van der Waals surface area contributed by atoms with Gasteiger partial charge in [0.2, 0.25) is 5.91 Å². The van der Waals surface area contributed by atoms with Crippen molar-refractivity contribution < 1.29 is 4.79 Å². The van der Waals surface area contributed by atoms with E-state index < -0.39 is 0 Å². The summed E-state index contributed by atoms with van der Waals surface area (Å²) in [4.78, 5) is 13.9. The molecule has 1 amide bonds. The van der Waals surface area contributed by atoms with Gasteiger partial charge in [0.15, 0.2) is 0 Å². The lowest BCUT2D eigenvalue weighted by Crippen LogP contribution is -2.32. The van der Waals surface area contributed by atoms with Crippen molar-refractivity contribution in [2.45, 2.75) is 39.7 Å². The predicted molar refractivity (Wildman–Crippen MR) is 78.3 cm³/mol. The molecule has 0 unspecified atom stereocenters. The van der Waals surface area contributed by atoms with Crippen molar-refractivity contribution in [2.24, 2.45) is 5.84 Å². The van der Waals surface area contributed by atoms with Gasteiger partial charge in [-0.05, 0) is 37.1 Å². The lowest BCUT2D eigenvalue weighted by molar-refractivity contribution is -0.120. The largest absolute Gasteiger partial charge is 0.299 e. The van der Waals surface area contributed by atoms with Crippen LogP contribution < -0.4 is 11.3 Å².